The molecule has 0 amide bonds. The molecule has 0 spiro atoms. The lowest BCUT2D eigenvalue weighted by atomic mass is 10.0. The van der Waals surface area contributed by atoms with E-state index in [2.05, 4.69) is 0 Å². The van der Waals surface area contributed by atoms with E-state index in [1.165, 1.54) is 0 Å². The van der Waals surface area contributed by atoms with E-state index in [-0.39, 0.29) is 5.92 Å². The Morgan fingerprint density at radius 1 is 1.62 bits per heavy atom. The molecule has 1 aliphatic rings. The zero-order valence-electron chi connectivity index (χ0n) is 6.76. The van der Waals surface area contributed by atoms with Crippen molar-refractivity contribution in [3.8, 4) is 0 Å². The van der Waals surface area contributed by atoms with E-state index >= 15 is 0 Å². The summed E-state index contributed by atoms with van der Waals surface area (Å²) in [5.41, 5.74) is 0. The van der Waals surface area contributed by atoms with Crippen LogP contribution in [0.3, 0.4) is 0 Å². The minimum absolute atomic E-state index is 0.235. The van der Waals surface area contributed by atoms with E-state index in [1.807, 2.05) is 0 Å². The highest BCUT2D eigenvalue weighted by Crippen LogP contribution is 2.12. The molecule has 1 aliphatic heterocycles. The molecule has 1 rings (SSSR count). The summed E-state index contributed by atoms with van der Waals surface area (Å²) in [5.74, 6) is -0.235. The second-order valence-electron chi connectivity index (χ2n) is 2.02. The van der Waals surface area contributed by atoms with Crippen LogP contribution in [0.5, 0.6) is 0 Å². The molecule has 0 radical (unpaired) electrons. The molecule has 0 aromatic carbocycles. The first-order valence-electron chi connectivity index (χ1n) is 3.91. The summed E-state index contributed by atoms with van der Waals surface area (Å²) in [6, 6.07) is 0. The molecule has 1 heterocycles. The van der Waals surface area contributed by atoms with Crippen LogP contribution in [0.25, 0.3) is 0 Å². The summed E-state index contributed by atoms with van der Waals surface area (Å²) < 4.78 is 19.0. The third kappa shape index (κ3) is 1.46. The first-order chi connectivity index (χ1) is 4.61. The Balaban J connectivity index is 2.39. The third-order valence-electron chi connectivity index (χ3n) is 1.40. The second-order valence-corrected chi connectivity index (χ2v) is 2.02. The van der Waals surface area contributed by atoms with Crippen LogP contribution in [0.2, 0.25) is 0 Å². The predicted octanol–water partition coefficient (Wildman–Crippen LogP) is 0.405. The van der Waals surface area contributed by atoms with Gasteiger partial charge < -0.3 is 9.84 Å². The fourth-order valence-corrected chi connectivity index (χ4v) is 0.827. The Kier molecular flexibility index (Phi) is 1.47. The minimum atomic E-state index is -2.01. The van der Waals surface area contributed by atoms with E-state index in [0.717, 1.165) is 0 Å². The highest BCUT2D eigenvalue weighted by atomic mass is 16.5. The summed E-state index contributed by atoms with van der Waals surface area (Å²) in [5, 5.41) is 8.92. The highest BCUT2D eigenvalue weighted by Gasteiger charge is 2.11. The molecule has 8 heavy (non-hydrogen) atoms. The maximum absolute atomic E-state index is 8.92. The van der Waals surface area contributed by atoms with Crippen LogP contribution in [0.4, 0.5) is 0 Å². The summed E-state index contributed by atoms with van der Waals surface area (Å²) >= 11 is 0. The topological polar surface area (TPSA) is 29.5 Å². The molecular formula is C6H12O2. The molecule has 2 heteroatoms. The Labute approximate surface area is 52.3 Å². The first kappa shape index (κ1) is 3.85. The van der Waals surface area contributed by atoms with Crippen LogP contribution in [0.1, 0.15) is 15.6 Å². The molecule has 1 saturated heterocycles. The number of hydrogen-bond acceptors (Lipinski definition) is 2. The monoisotopic (exact) mass is 118 g/mol. The fraction of sp³-hybridized carbons (Fsp3) is 1.00. The van der Waals surface area contributed by atoms with Gasteiger partial charge in [0.15, 0.2) is 0 Å². The predicted molar refractivity (Wildman–Crippen MR) is 30.6 cm³/mol. The molecule has 0 atom stereocenters. The maximum Gasteiger partial charge on any atom is 0.0567 e. The van der Waals surface area contributed by atoms with Gasteiger partial charge >= 0.3 is 0 Å². The molecule has 0 aliphatic carbocycles. The fourth-order valence-electron chi connectivity index (χ4n) is 0.827. The van der Waals surface area contributed by atoms with Crippen molar-refractivity contribution in [3.63, 3.8) is 0 Å². The van der Waals surface area contributed by atoms with Crippen LogP contribution in [-0.2, 0) is 4.74 Å². The largest absolute Gasteiger partial charge is 0.396 e. The molecule has 1 fully saturated rings. The van der Waals surface area contributed by atoms with Crippen molar-refractivity contribution in [2.45, 2.75) is 12.8 Å². The average Bonchev–Trinajstić information content (AvgIpc) is 1.88. The van der Waals surface area contributed by atoms with Gasteiger partial charge in [0, 0.05) is 19.8 Å². The van der Waals surface area contributed by atoms with E-state index in [4.69, 9.17) is 12.6 Å². The summed E-state index contributed by atoms with van der Waals surface area (Å²) in [6.07, 6.45) is 1.26. The van der Waals surface area contributed by atoms with Crippen LogP contribution >= 0.6 is 0 Å². The second kappa shape index (κ2) is 3.05. The number of hydrogen-bond donors (Lipinski definition) is 1. The van der Waals surface area contributed by atoms with Gasteiger partial charge in [-0.2, -0.15) is 0 Å². The van der Waals surface area contributed by atoms with Gasteiger partial charge in [-0.25, -0.2) is 0 Å². The smallest absolute Gasteiger partial charge is 0.0567 e. The van der Waals surface area contributed by atoms with E-state index in [0.29, 0.717) is 26.1 Å². The SMILES string of the molecule is [2H]C([2H])(O)C1CCOCC1. The molecule has 1 N–H and O–H groups in total. The van der Waals surface area contributed by atoms with Gasteiger partial charge in [-0.05, 0) is 18.8 Å². The van der Waals surface area contributed by atoms with Crippen LogP contribution < -0.4 is 0 Å². The van der Waals surface area contributed by atoms with Gasteiger partial charge in [-0.15, -0.1) is 0 Å². The molecular weight excluding hydrogens is 104 g/mol. The quantitative estimate of drug-likeness (QED) is 0.540. The van der Waals surface area contributed by atoms with Gasteiger partial charge in [-0.3, -0.25) is 0 Å². The molecule has 2 nitrogen and oxygen atoms in total. The Morgan fingerprint density at radius 2 is 2.25 bits per heavy atom. The van der Waals surface area contributed by atoms with Crippen molar-refractivity contribution in [1.29, 1.82) is 0 Å². The molecule has 0 bridgehead atoms. The van der Waals surface area contributed by atoms with E-state index in [9.17, 15) is 0 Å². The van der Waals surface area contributed by atoms with Gasteiger partial charge in [0.05, 0.1) is 2.74 Å². The van der Waals surface area contributed by atoms with Crippen molar-refractivity contribution >= 4 is 0 Å². The van der Waals surface area contributed by atoms with Crippen molar-refractivity contribution < 1.29 is 12.6 Å². The van der Waals surface area contributed by atoms with Crippen LogP contribution in [0.15, 0.2) is 0 Å². The molecule has 0 unspecified atom stereocenters. The molecule has 0 aromatic heterocycles. The lowest BCUT2D eigenvalue weighted by Crippen LogP contribution is -2.18. The maximum atomic E-state index is 8.92. The Hall–Kier alpha value is -0.0800. The summed E-state index contributed by atoms with van der Waals surface area (Å²) in [6.45, 7) is -0.862. The lowest BCUT2D eigenvalue weighted by molar-refractivity contribution is 0.0455. The summed E-state index contributed by atoms with van der Waals surface area (Å²) in [4.78, 5) is 0. The zero-order chi connectivity index (χ0) is 7.61. The average molecular weight is 118 g/mol. The van der Waals surface area contributed by atoms with Crippen LogP contribution in [-0.4, -0.2) is 24.9 Å². The minimum Gasteiger partial charge on any atom is -0.396 e. The van der Waals surface area contributed by atoms with E-state index in [1.54, 1.807) is 0 Å². The van der Waals surface area contributed by atoms with Gasteiger partial charge in [-0.1, -0.05) is 0 Å². The number of aliphatic hydroxyl groups is 1. The Bertz CT molecular complexity index is 105. The van der Waals surface area contributed by atoms with Gasteiger partial charge in [0.2, 0.25) is 0 Å². The lowest BCUT2D eigenvalue weighted by Gasteiger charge is -2.18. The summed E-state index contributed by atoms with van der Waals surface area (Å²) in [7, 11) is 0. The molecule has 48 valence electrons. The Morgan fingerprint density at radius 3 is 2.62 bits per heavy atom. The normalized spacial score (nSPS) is 29.1. The third-order valence-corrected chi connectivity index (χ3v) is 1.40. The van der Waals surface area contributed by atoms with E-state index < -0.39 is 6.56 Å². The number of rotatable bonds is 1. The van der Waals surface area contributed by atoms with Crippen molar-refractivity contribution in [1.82, 2.24) is 0 Å². The van der Waals surface area contributed by atoms with Crippen LogP contribution in [0, 0.1) is 5.92 Å². The molecule has 0 aromatic rings. The standard InChI is InChI=1S/C6H12O2/c7-5-6-1-3-8-4-2-6/h6-7H,1-5H2/i5D2. The highest BCUT2D eigenvalue weighted by molar-refractivity contribution is 4.60. The van der Waals surface area contributed by atoms with Crippen molar-refractivity contribution in [3.05, 3.63) is 0 Å². The van der Waals surface area contributed by atoms with Gasteiger partial charge in [0.1, 0.15) is 0 Å². The van der Waals surface area contributed by atoms with Gasteiger partial charge in [0.25, 0.3) is 0 Å². The van der Waals surface area contributed by atoms with Crippen molar-refractivity contribution in [2.75, 3.05) is 19.8 Å². The van der Waals surface area contributed by atoms with Crippen molar-refractivity contribution in [2.24, 2.45) is 5.92 Å². The first-order valence-corrected chi connectivity index (χ1v) is 2.91. The zero-order valence-corrected chi connectivity index (χ0v) is 4.76. The number of ether oxygens (including phenoxy) is 1. The molecule has 0 saturated carbocycles.